The van der Waals surface area contributed by atoms with Crippen LogP contribution < -0.4 is 19.7 Å². The highest BCUT2D eigenvalue weighted by molar-refractivity contribution is 5.97. The van der Waals surface area contributed by atoms with Gasteiger partial charge in [-0.25, -0.2) is 4.98 Å². The summed E-state index contributed by atoms with van der Waals surface area (Å²) in [5.41, 5.74) is 0.715. The molecule has 1 aromatic heterocycles. The van der Waals surface area contributed by atoms with Crippen molar-refractivity contribution in [3.63, 3.8) is 0 Å². The zero-order valence-corrected chi connectivity index (χ0v) is 13.3. The number of fused-ring (bicyclic) bond motifs is 1. The van der Waals surface area contributed by atoms with Crippen LogP contribution in [0.4, 0.5) is 11.5 Å². The number of para-hydroxylation sites is 2. The lowest BCUT2D eigenvalue weighted by molar-refractivity contribution is -0.125. The smallest absolute Gasteiger partial charge is 0.269 e. The number of benzene rings is 1. The van der Waals surface area contributed by atoms with Crippen molar-refractivity contribution in [1.29, 1.82) is 0 Å². The summed E-state index contributed by atoms with van der Waals surface area (Å²) in [5, 5.41) is 2.94. The van der Waals surface area contributed by atoms with Gasteiger partial charge in [0.2, 0.25) is 6.10 Å². The van der Waals surface area contributed by atoms with Gasteiger partial charge in [-0.15, -0.1) is 0 Å². The van der Waals surface area contributed by atoms with Crippen molar-refractivity contribution >= 4 is 17.4 Å². The molecule has 1 saturated heterocycles. The van der Waals surface area contributed by atoms with Crippen LogP contribution in [0.2, 0.25) is 0 Å². The van der Waals surface area contributed by atoms with Gasteiger partial charge in [0, 0.05) is 19.3 Å². The van der Waals surface area contributed by atoms with Gasteiger partial charge in [0.15, 0.2) is 17.3 Å². The van der Waals surface area contributed by atoms with E-state index in [-0.39, 0.29) is 12.5 Å². The molecule has 0 spiro atoms. The largest absolute Gasteiger partial charge is 0.485 e. The number of anilines is 2. The second-order valence-electron chi connectivity index (χ2n) is 5.92. The quantitative estimate of drug-likeness (QED) is 0.939. The second-order valence-corrected chi connectivity index (χ2v) is 5.92. The molecule has 4 rings (SSSR count). The van der Waals surface area contributed by atoms with Crippen molar-refractivity contribution in [2.45, 2.75) is 18.9 Å². The highest BCUT2D eigenvalue weighted by atomic mass is 16.6. The van der Waals surface area contributed by atoms with Crippen LogP contribution in [0.3, 0.4) is 0 Å². The van der Waals surface area contributed by atoms with Crippen LogP contribution in [0.25, 0.3) is 0 Å². The molecule has 1 aromatic carbocycles. The molecule has 2 aliphatic heterocycles. The normalized spacial score (nSPS) is 19.2. The molecule has 0 bridgehead atoms. The molecule has 124 valence electrons. The number of carbonyl (C=O) groups excluding carboxylic acids is 1. The van der Waals surface area contributed by atoms with E-state index in [1.165, 1.54) is 0 Å². The monoisotopic (exact) mass is 325 g/mol. The van der Waals surface area contributed by atoms with Gasteiger partial charge in [0.25, 0.3) is 5.91 Å². The number of nitrogens with one attached hydrogen (secondary N) is 1. The lowest BCUT2D eigenvalue weighted by Crippen LogP contribution is -2.40. The molecule has 24 heavy (non-hydrogen) atoms. The third kappa shape index (κ3) is 2.87. The topological polar surface area (TPSA) is 63.7 Å². The van der Waals surface area contributed by atoms with E-state index < -0.39 is 6.10 Å². The molecule has 1 fully saturated rings. The summed E-state index contributed by atoms with van der Waals surface area (Å²) in [7, 11) is 0. The van der Waals surface area contributed by atoms with Crippen LogP contribution in [0.1, 0.15) is 12.8 Å². The van der Waals surface area contributed by atoms with Crippen molar-refractivity contribution in [3.05, 3.63) is 42.6 Å². The van der Waals surface area contributed by atoms with Crippen LogP contribution in [0.5, 0.6) is 11.5 Å². The number of nitrogens with zero attached hydrogens (tertiary/aromatic N) is 2. The summed E-state index contributed by atoms with van der Waals surface area (Å²) in [6.07, 6.45) is 3.38. The molecule has 0 saturated carbocycles. The van der Waals surface area contributed by atoms with Gasteiger partial charge in [-0.2, -0.15) is 0 Å². The Morgan fingerprint density at radius 3 is 2.75 bits per heavy atom. The Morgan fingerprint density at radius 1 is 1.12 bits per heavy atom. The van der Waals surface area contributed by atoms with E-state index in [9.17, 15) is 4.79 Å². The number of hydrogen-bond donors (Lipinski definition) is 1. The first-order valence-electron chi connectivity index (χ1n) is 8.20. The van der Waals surface area contributed by atoms with Crippen molar-refractivity contribution in [2.24, 2.45) is 0 Å². The number of aromatic nitrogens is 1. The minimum atomic E-state index is -0.675. The lowest BCUT2D eigenvalue weighted by Gasteiger charge is -2.26. The summed E-state index contributed by atoms with van der Waals surface area (Å²) < 4.78 is 11.4. The maximum absolute atomic E-state index is 12.6. The standard InChI is InChI=1S/C18H19N3O3/c22-18(16-12-23-14-7-1-2-8-15(14)24-16)20-13-6-5-9-19-17(13)21-10-3-4-11-21/h1-2,5-9,16H,3-4,10-12H2,(H,20,22)/t16-/m1/s1. The fourth-order valence-corrected chi connectivity index (χ4v) is 3.04. The van der Waals surface area contributed by atoms with Crippen molar-refractivity contribution in [3.8, 4) is 11.5 Å². The van der Waals surface area contributed by atoms with Gasteiger partial charge in [-0.3, -0.25) is 4.79 Å². The molecule has 0 unspecified atom stereocenters. The fourth-order valence-electron chi connectivity index (χ4n) is 3.04. The zero-order valence-electron chi connectivity index (χ0n) is 13.3. The highest BCUT2D eigenvalue weighted by Gasteiger charge is 2.28. The second kappa shape index (κ2) is 6.39. The van der Waals surface area contributed by atoms with Crippen molar-refractivity contribution in [2.75, 3.05) is 29.9 Å². The maximum Gasteiger partial charge on any atom is 0.269 e. The number of rotatable bonds is 3. The molecular weight excluding hydrogens is 306 g/mol. The van der Waals surface area contributed by atoms with Crippen LogP contribution in [-0.4, -0.2) is 36.7 Å². The molecule has 0 radical (unpaired) electrons. The van der Waals surface area contributed by atoms with Crippen LogP contribution >= 0.6 is 0 Å². The van der Waals surface area contributed by atoms with Crippen molar-refractivity contribution < 1.29 is 14.3 Å². The van der Waals surface area contributed by atoms with E-state index in [1.807, 2.05) is 30.3 Å². The minimum Gasteiger partial charge on any atom is -0.485 e. The molecule has 1 N–H and O–H groups in total. The number of carbonyl (C=O) groups is 1. The summed E-state index contributed by atoms with van der Waals surface area (Å²) >= 11 is 0. The fraction of sp³-hybridized carbons (Fsp3) is 0.333. The van der Waals surface area contributed by atoms with Crippen LogP contribution in [0.15, 0.2) is 42.6 Å². The average Bonchev–Trinajstić information content (AvgIpc) is 3.16. The number of hydrogen-bond acceptors (Lipinski definition) is 5. The SMILES string of the molecule is O=C(Nc1cccnc1N1CCCC1)[C@H]1COc2ccccc2O1. The predicted octanol–water partition coefficient (Wildman–Crippen LogP) is 2.46. The molecule has 6 heteroatoms. The molecule has 1 atom stereocenters. The molecule has 2 aromatic rings. The van der Waals surface area contributed by atoms with E-state index in [4.69, 9.17) is 9.47 Å². The first-order valence-corrected chi connectivity index (χ1v) is 8.20. The summed E-state index contributed by atoms with van der Waals surface area (Å²) in [6, 6.07) is 11.1. The Bertz CT molecular complexity index is 744. The Morgan fingerprint density at radius 2 is 1.92 bits per heavy atom. The van der Waals surface area contributed by atoms with E-state index in [0.29, 0.717) is 17.2 Å². The first kappa shape index (κ1) is 14.8. The van der Waals surface area contributed by atoms with E-state index >= 15 is 0 Å². The van der Waals surface area contributed by atoms with E-state index in [0.717, 1.165) is 31.7 Å². The lowest BCUT2D eigenvalue weighted by atomic mass is 10.2. The van der Waals surface area contributed by atoms with Gasteiger partial charge in [0.05, 0.1) is 5.69 Å². The van der Waals surface area contributed by atoms with Gasteiger partial charge in [-0.05, 0) is 37.1 Å². The maximum atomic E-state index is 12.6. The third-order valence-corrected chi connectivity index (χ3v) is 4.25. The predicted molar refractivity (Wildman–Crippen MR) is 90.7 cm³/mol. The third-order valence-electron chi connectivity index (χ3n) is 4.25. The molecule has 2 aliphatic rings. The van der Waals surface area contributed by atoms with Crippen LogP contribution in [0, 0.1) is 0 Å². The Balaban J connectivity index is 1.49. The number of pyridine rings is 1. The number of amides is 1. The molecule has 6 nitrogen and oxygen atoms in total. The van der Waals surface area contributed by atoms with Crippen molar-refractivity contribution in [1.82, 2.24) is 4.98 Å². The van der Waals surface area contributed by atoms with Gasteiger partial charge >= 0.3 is 0 Å². The van der Waals surface area contributed by atoms with Gasteiger partial charge in [0.1, 0.15) is 6.61 Å². The Labute approximate surface area is 140 Å². The van der Waals surface area contributed by atoms with E-state index in [1.54, 1.807) is 12.3 Å². The van der Waals surface area contributed by atoms with Gasteiger partial charge < -0.3 is 19.7 Å². The zero-order chi connectivity index (χ0) is 16.4. The summed E-state index contributed by atoms with van der Waals surface area (Å²) in [6.45, 7) is 2.13. The average molecular weight is 325 g/mol. The summed E-state index contributed by atoms with van der Waals surface area (Å²) in [4.78, 5) is 19.2. The van der Waals surface area contributed by atoms with Gasteiger partial charge in [-0.1, -0.05) is 12.1 Å². The Hall–Kier alpha value is -2.76. The molecule has 0 aliphatic carbocycles. The number of ether oxygens (including phenoxy) is 2. The molecular formula is C18H19N3O3. The molecule has 1 amide bonds. The minimum absolute atomic E-state index is 0.197. The van der Waals surface area contributed by atoms with Crippen LogP contribution in [-0.2, 0) is 4.79 Å². The Kier molecular flexibility index (Phi) is 3.94. The first-order chi connectivity index (χ1) is 11.8. The molecule has 3 heterocycles. The summed E-state index contributed by atoms with van der Waals surface area (Å²) in [5.74, 6) is 1.86. The van der Waals surface area contributed by atoms with E-state index in [2.05, 4.69) is 15.2 Å². The highest BCUT2D eigenvalue weighted by Crippen LogP contribution is 2.32.